The summed E-state index contributed by atoms with van der Waals surface area (Å²) in [6.07, 6.45) is 21.6. The molecule has 0 bridgehead atoms. The highest BCUT2D eigenvalue weighted by molar-refractivity contribution is 5.91. The van der Waals surface area contributed by atoms with E-state index in [1.807, 2.05) is 0 Å². The van der Waals surface area contributed by atoms with Crippen molar-refractivity contribution in [2.24, 2.45) is 34.7 Å². The summed E-state index contributed by atoms with van der Waals surface area (Å²) in [5, 5.41) is 8.20. The van der Waals surface area contributed by atoms with Crippen LogP contribution in [0.4, 0.5) is 0 Å². The van der Waals surface area contributed by atoms with Gasteiger partial charge in [-0.1, -0.05) is 58.8 Å². The predicted octanol–water partition coefficient (Wildman–Crippen LogP) is 7.04. The minimum Gasteiger partial charge on any atom is -0.293 e. The molecule has 0 aromatic carbocycles. The third-order valence-electron chi connectivity index (χ3n) is 8.49. The SMILES string of the molecule is CCCC(CCC)C1C2CCC3CCCCC3C2=NN1CC1CCCCC1. The van der Waals surface area contributed by atoms with Crippen LogP contribution in [0.15, 0.2) is 5.10 Å². The maximum absolute atomic E-state index is 5.51. The first-order valence-corrected chi connectivity index (χ1v) is 12.7. The molecule has 27 heavy (non-hydrogen) atoms. The maximum Gasteiger partial charge on any atom is 0.0580 e. The summed E-state index contributed by atoms with van der Waals surface area (Å²) in [6.45, 7) is 6.05. The largest absolute Gasteiger partial charge is 0.293 e. The van der Waals surface area contributed by atoms with Gasteiger partial charge in [0.25, 0.3) is 0 Å². The minimum absolute atomic E-state index is 0.740. The lowest BCUT2D eigenvalue weighted by atomic mass is 9.63. The zero-order valence-electron chi connectivity index (χ0n) is 18.2. The van der Waals surface area contributed by atoms with E-state index in [9.17, 15) is 0 Å². The topological polar surface area (TPSA) is 15.6 Å². The van der Waals surface area contributed by atoms with Crippen LogP contribution in [-0.4, -0.2) is 23.3 Å². The first-order chi connectivity index (χ1) is 13.3. The molecule has 2 nitrogen and oxygen atoms in total. The molecule has 2 heteroatoms. The van der Waals surface area contributed by atoms with E-state index in [1.54, 1.807) is 5.71 Å². The van der Waals surface area contributed by atoms with Gasteiger partial charge in [-0.2, -0.15) is 5.10 Å². The number of hydrogen-bond acceptors (Lipinski definition) is 2. The molecule has 1 aliphatic heterocycles. The van der Waals surface area contributed by atoms with Gasteiger partial charge in [0.05, 0.1) is 6.04 Å². The van der Waals surface area contributed by atoms with Crippen molar-refractivity contribution in [3.05, 3.63) is 0 Å². The predicted molar refractivity (Wildman–Crippen MR) is 116 cm³/mol. The van der Waals surface area contributed by atoms with E-state index >= 15 is 0 Å². The Labute approximate surface area is 168 Å². The Bertz CT molecular complexity index is 487. The molecule has 1 heterocycles. The quantitative estimate of drug-likeness (QED) is 0.468. The molecule has 0 amide bonds. The van der Waals surface area contributed by atoms with Gasteiger partial charge in [-0.15, -0.1) is 0 Å². The lowest BCUT2D eigenvalue weighted by Crippen LogP contribution is -2.45. The van der Waals surface area contributed by atoms with Crippen molar-refractivity contribution >= 4 is 5.71 Å². The summed E-state index contributed by atoms with van der Waals surface area (Å²) in [4.78, 5) is 0. The summed E-state index contributed by atoms with van der Waals surface area (Å²) < 4.78 is 0. The van der Waals surface area contributed by atoms with Gasteiger partial charge in [0.2, 0.25) is 0 Å². The molecule has 154 valence electrons. The monoisotopic (exact) mass is 372 g/mol. The Morgan fingerprint density at radius 2 is 1.52 bits per heavy atom. The van der Waals surface area contributed by atoms with E-state index in [2.05, 4.69) is 18.9 Å². The molecule has 0 spiro atoms. The molecule has 3 saturated carbocycles. The molecule has 4 rings (SSSR count). The summed E-state index contributed by atoms with van der Waals surface area (Å²) in [7, 11) is 0. The Kier molecular flexibility index (Phi) is 6.82. The maximum atomic E-state index is 5.51. The third kappa shape index (κ3) is 4.25. The number of rotatable bonds is 7. The third-order valence-corrected chi connectivity index (χ3v) is 8.49. The smallest absolute Gasteiger partial charge is 0.0580 e. The standard InChI is InChI=1S/C25H44N2/c1-3-10-21(11-4-2)25-23-17-16-20-14-8-9-15-22(20)24(23)26-27(25)18-19-12-6-5-7-13-19/h19-23,25H,3-18H2,1-2H3. The highest BCUT2D eigenvalue weighted by atomic mass is 15.5. The average Bonchev–Trinajstić information content (AvgIpc) is 3.07. The molecule has 0 aromatic heterocycles. The van der Waals surface area contributed by atoms with Crippen molar-refractivity contribution in [1.82, 2.24) is 5.01 Å². The average molecular weight is 373 g/mol. The van der Waals surface area contributed by atoms with E-state index in [0.717, 1.165) is 35.6 Å². The number of hydrogen-bond donors (Lipinski definition) is 0. The molecule has 0 saturated heterocycles. The van der Waals surface area contributed by atoms with E-state index in [-0.39, 0.29) is 0 Å². The van der Waals surface area contributed by atoms with Gasteiger partial charge in [0.1, 0.15) is 0 Å². The van der Waals surface area contributed by atoms with E-state index in [4.69, 9.17) is 5.10 Å². The van der Waals surface area contributed by atoms with Crippen LogP contribution in [-0.2, 0) is 0 Å². The fourth-order valence-electron chi connectivity index (χ4n) is 7.27. The second-order valence-electron chi connectivity index (χ2n) is 10.3. The highest BCUT2D eigenvalue weighted by Crippen LogP contribution is 2.48. The van der Waals surface area contributed by atoms with Crippen molar-refractivity contribution in [2.75, 3.05) is 6.54 Å². The number of fused-ring (bicyclic) bond motifs is 3. The summed E-state index contributed by atoms with van der Waals surface area (Å²) in [5.74, 6) is 4.41. The lowest BCUT2D eigenvalue weighted by Gasteiger charge is -2.42. The van der Waals surface area contributed by atoms with Crippen molar-refractivity contribution < 1.29 is 0 Å². The van der Waals surface area contributed by atoms with E-state index in [1.165, 1.54) is 103 Å². The molecule has 3 fully saturated rings. The zero-order valence-corrected chi connectivity index (χ0v) is 18.2. The van der Waals surface area contributed by atoms with Crippen LogP contribution < -0.4 is 0 Å². The molecular formula is C25H44N2. The van der Waals surface area contributed by atoms with Gasteiger partial charge >= 0.3 is 0 Å². The summed E-state index contributed by atoms with van der Waals surface area (Å²) in [5.41, 5.74) is 1.68. The Hall–Kier alpha value is -0.530. The van der Waals surface area contributed by atoms with Crippen LogP contribution >= 0.6 is 0 Å². The van der Waals surface area contributed by atoms with Gasteiger partial charge < -0.3 is 0 Å². The van der Waals surface area contributed by atoms with Crippen LogP contribution in [0.25, 0.3) is 0 Å². The zero-order chi connectivity index (χ0) is 18.6. The Morgan fingerprint density at radius 3 is 2.26 bits per heavy atom. The van der Waals surface area contributed by atoms with Crippen LogP contribution in [0.2, 0.25) is 0 Å². The van der Waals surface area contributed by atoms with Gasteiger partial charge in [-0.3, -0.25) is 5.01 Å². The highest BCUT2D eigenvalue weighted by Gasteiger charge is 2.48. The van der Waals surface area contributed by atoms with Crippen molar-refractivity contribution in [2.45, 2.75) is 116 Å². The number of nitrogens with zero attached hydrogens (tertiary/aromatic N) is 2. The minimum atomic E-state index is 0.740. The fraction of sp³-hybridized carbons (Fsp3) is 0.960. The van der Waals surface area contributed by atoms with Crippen molar-refractivity contribution in [3.8, 4) is 0 Å². The van der Waals surface area contributed by atoms with Gasteiger partial charge in [-0.05, 0) is 69.1 Å². The lowest BCUT2D eigenvalue weighted by molar-refractivity contribution is 0.0910. The fourth-order valence-corrected chi connectivity index (χ4v) is 7.27. The normalized spacial score (nSPS) is 34.5. The van der Waals surface area contributed by atoms with Crippen LogP contribution in [0.3, 0.4) is 0 Å². The second kappa shape index (κ2) is 9.31. The molecule has 0 aromatic rings. The molecule has 0 N–H and O–H groups in total. The first-order valence-electron chi connectivity index (χ1n) is 12.7. The molecule has 4 aliphatic rings. The summed E-state index contributed by atoms with van der Waals surface area (Å²) >= 11 is 0. The van der Waals surface area contributed by atoms with Gasteiger partial charge in [0, 0.05) is 24.1 Å². The van der Waals surface area contributed by atoms with Crippen LogP contribution in [0.1, 0.15) is 110 Å². The Balaban J connectivity index is 1.56. The number of hydrazone groups is 1. The van der Waals surface area contributed by atoms with Gasteiger partial charge in [0.15, 0.2) is 0 Å². The molecule has 3 aliphatic carbocycles. The first kappa shape index (κ1) is 19.8. The Morgan fingerprint density at radius 1 is 0.815 bits per heavy atom. The molecule has 4 unspecified atom stereocenters. The molecule has 0 radical (unpaired) electrons. The van der Waals surface area contributed by atoms with Crippen molar-refractivity contribution in [1.29, 1.82) is 0 Å². The van der Waals surface area contributed by atoms with Crippen LogP contribution in [0, 0.1) is 29.6 Å². The molecule has 4 atom stereocenters. The van der Waals surface area contributed by atoms with E-state index in [0.29, 0.717) is 0 Å². The van der Waals surface area contributed by atoms with E-state index < -0.39 is 0 Å². The molecular weight excluding hydrogens is 328 g/mol. The van der Waals surface area contributed by atoms with Crippen molar-refractivity contribution in [3.63, 3.8) is 0 Å². The van der Waals surface area contributed by atoms with Gasteiger partial charge in [-0.25, -0.2) is 0 Å². The summed E-state index contributed by atoms with van der Waals surface area (Å²) in [6, 6.07) is 0.740. The van der Waals surface area contributed by atoms with Crippen LogP contribution in [0.5, 0.6) is 0 Å². The second-order valence-corrected chi connectivity index (χ2v) is 10.3.